The maximum Gasteiger partial charge on any atom is 0.251 e. The van der Waals surface area contributed by atoms with Crippen LogP contribution in [0, 0.1) is 0 Å². The number of nitrogens with one attached hydrogen (secondary N) is 2. The van der Waals surface area contributed by atoms with Gasteiger partial charge in [0.1, 0.15) is 0 Å². The van der Waals surface area contributed by atoms with Crippen molar-refractivity contribution in [2.75, 3.05) is 12.3 Å². The highest BCUT2D eigenvalue weighted by Crippen LogP contribution is 2.22. The van der Waals surface area contributed by atoms with Crippen LogP contribution in [0.2, 0.25) is 0 Å². The standard InChI is InChI=1S/C22H30N4O2S/c1-2-3-13-23-21(28)17-9-11-19(12-10-17)26-15-14-24-22(26)29-16-20(27)25-18-7-5-4-6-8-18/h9-12,14-15,18H,2-8,13,16H2,1H3,(H,23,28)(H,25,27). The number of nitrogens with zero attached hydrogens (tertiary/aromatic N) is 2. The van der Waals surface area contributed by atoms with Crippen molar-refractivity contribution in [3.05, 3.63) is 42.2 Å². The molecule has 7 heteroatoms. The predicted molar refractivity (Wildman–Crippen MR) is 117 cm³/mol. The number of carbonyl (C=O) groups is 2. The van der Waals surface area contributed by atoms with Gasteiger partial charge in [-0.15, -0.1) is 0 Å². The molecule has 1 fully saturated rings. The van der Waals surface area contributed by atoms with Crippen molar-refractivity contribution in [2.24, 2.45) is 0 Å². The number of benzene rings is 1. The summed E-state index contributed by atoms with van der Waals surface area (Å²) in [5.41, 5.74) is 1.56. The summed E-state index contributed by atoms with van der Waals surface area (Å²) in [7, 11) is 0. The van der Waals surface area contributed by atoms with Gasteiger partial charge in [0.25, 0.3) is 5.91 Å². The first-order valence-corrected chi connectivity index (χ1v) is 11.5. The van der Waals surface area contributed by atoms with Crippen LogP contribution in [0.4, 0.5) is 0 Å². The van der Waals surface area contributed by atoms with Gasteiger partial charge in [0.15, 0.2) is 5.16 Å². The first kappa shape index (κ1) is 21.4. The predicted octanol–water partition coefficient (Wildman–Crippen LogP) is 3.94. The van der Waals surface area contributed by atoms with Gasteiger partial charge in [0.05, 0.1) is 5.75 Å². The maximum atomic E-state index is 12.3. The Hall–Kier alpha value is -2.28. The first-order chi connectivity index (χ1) is 14.2. The number of amides is 2. The quantitative estimate of drug-likeness (QED) is 0.481. The third-order valence-corrected chi connectivity index (χ3v) is 6.10. The van der Waals surface area contributed by atoms with E-state index in [2.05, 4.69) is 22.5 Å². The van der Waals surface area contributed by atoms with Crippen LogP contribution in [0.3, 0.4) is 0 Å². The van der Waals surface area contributed by atoms with Crippen LogP contribution in [0.1, 0.15) is 62.2 Å². The second-order valence-electron chi connectivity index (χ2n) is 7.43. The van der Waals surface area contributed by atoms with E-state index in [0.717, 1.165) is 36.5 Å². The number of imidazole rings is 1. The van der Waals surface area contributed by atoms with E-state index in [1.54, 1.807) is 6.20 Å². The Labute approximate surface area is 176 Å². The number of hydrogen-bond acceptors (Lipinski definition) is 4. The van der Waals surface area contributed by atoms with E-state index in [4.69, 9.17) is 0 Å². The van der Waals surface area contributed by atoms with Crippen LogP contribution in [0.25, 0.3) is 5.69 Å². The molecule has 1 aromatic carbocycles. The molecule has 1 aliphatic carbocycles. The van der Waals surface area contributed by atoms with Crippen molar-refractivity contribution < 1.29 is 9.59 Å². The summed E-state index contributed by atoms with van der Waals surface area (Å²) in [6.45, 7) is 2.80. The molecule has 2 N–H and O–H groups in total. The van der Waals surface area contributed by atoms with Crippen LogP contribution in [0.15, 0.2) is 41.8 Å². The average molecular weight is 415 g/mol. The van der Waals surface area contributed by atoms with Crippen molar-refractivity contribution in [3.63, 3.8) is 0 Å². The van der Waals surface area contributed by atoms with Crippen LogP contribution >= 0.6 is 11.8 Å². The van der Waals surface area contributed by atoms with Gasteiger partial charge in [-0.2, -0.15) is 0 Å². The molecule has 2 aromatic rings. The minimum absolute atomic E-state index is 0.0513. The van der Waals surface area contributed by atoms with Crippen molar-refractivity contribution in [1.29, 1.82) is 0 Å². The first-order valence-electron chi connectivity index (χ1n) is 10.5. The third-order valence-electron chi connectivity index (χ3n) is 5.13. The fraction of sp³-hybridized carbons (Fsp3) is 0.500. The molecule has 2 amide bonds. The van der Waals surface area contributed by atoms with Crippen molar-refractivity contribution in [2.45, 2.75) is 63.1 Å². The summed E-state index contributed by atoms with van der Waals surface area (Å²) in [5, 5.41) is 6.83. The zero-order valence-electron chi connectivity index (χ0n) is 17.0. The van der Waals surface area contributed by atoms with Gasteiger partial charge in [-0.1, -0.05) is 44.4 Å². The highest BCUT2D eigenvalue weighted by molar-refractivity contribution is 7.99. The summed E-state index contributed by atoms with van der Waals surface area (Å²) < 4.78 is 1.94. The zero-order valence-corrected chi connectivity index (χ0v) is 17.8. The van der Waals surface area contributed by atoms with Gasteiger partial charge < -0.3 is 10.6 Å². The monoisotopic (exact) mass is 414 g/mol. The summed E-state index contributed by atoms with van der Waals surface area (Å²) in [5.74, 6) is 0.367. The van der Waals surface area contributed by atoms with E-state index in [1.807, 2.05) is 35.0 Å². The lowest BCUT2D eigenvalue weighted by Crippen LogP contribution is -2.37. The molecule has 3 rings (SSSR count). The smallest absolute Gasteiger partial charge is 0.251 e. The van der Waals surface area contributed by atoms with Gasteiger partial charge in [-0.25, -0.2) is 4.98 Å². The highest BCUT2D eigenvalue weighted by Gasteiger charge is 2.16. The minimum atomic E-state index is -0.0513. The Morgan fingerprint density at radius 3 is 2.66 bits per heavy atom. The summed E-state index contributed by atoms with van der Waals surface area (Å²) in [6.07, 6.45) is 11.5. The van der Waals surface area contributed by atoms with E-state index in [0.29, 0.717) is 23.9 Å². The molecule has 0 radical (unpaired) electrons. The Balaban J connectivity index is 1.55. The lowest BCUT2D eigenvalue weighted by Gasteiger charge is -2.22. The molecule has 29 heavy (non-hydrogen) atoms. The second-order valence-corrected chi connectivity index (χ2v) is 8.37. The fourth-order valence-corrected chi connectivity index (χ4v) is 4.28. The molecule has 1 aromatic heterocycles. The van der Waals surface area contributed by atoms with E-state index in [-0.39, 0.29) is 11.8 Å². The van der Waals surface area contributed by atoms with Gasteiger partial charge >= 0.3 is 0 Å². The largest absolute Gasteiger partial charge is 0.353 e. The number of thioether (sulfide) groups is 1. The molecule has 6 nitrogen and oxygen atoms in total. The van der Waals surface area contributed by atoms with E-state index >= 15 is 0 Å². The Kier molecular flexibility index (Phi) is 8.16. The molecule has 156 valence electrons. The summed E-state index contributed by atoms with van der Waals surface area (Å²) in [6, 6.07) is 7.78. The van der Waals surface area contributed by atoms with Gasteiger partial charge in [0, 0.05) is 36.2 Å². The van der Waals surface area contributed by atoms with Gasteiger partial charge in [-0.3, -0.25) is 14.2 Å². The molecule has 0 atom stereocenters. The fourth-order valence-electron chi connectivity index (χ4n) is 3.49. The Morgan fingerprint density at radius 2 is 1.93 bits per heavy atom. The molecule has 0 aliphatic heterocycles. The van der Waals surface area contributed by atoms with E-state index in [9.17, 15) is 9.59 Å². The van der Waals surface area contributed by atoms with Crippen LogP contribution in [-0.2, 0) is 4.79 Å². The zero-order chi connectivity index (χ0) is 20.5. The van der Waals surface area contributed by atoms with E-state index in [1.165, 1.54) is 31.0 Å². The topological polar surface area (TPSA) is 76.0 Å². The van der Waals surface area contributed by atoms with Crippen molar-refractivity contribution in [1.82, 2.24) is 20.2 Å². The molecular formula is C22H30N4O2S. The van der Waals surface area contributed by atoms with Crippen LogP contribution in [-0.4, -0.2) is 39.7 Å². The summed E-state index contributed by atoms with van der Waals surface area (Å²) in [4.78, 5) is 28.8. The molecule has 1 aliphatic rings. The molecule has 0 spiro atoms. The number of unbranched alkanes of at least 4 members (excludes halogenated alkanes) is 1. The minimum Gasteiger partial charge on any atom is -0.353 e. The second kappa shape index (κ2) is 11.0. The third kappa shape index (κ3) is 6.35. The number of rotatable bonds is 9. The Bertz CT molecular complexity index is 797. The lowest BCUT2D eigenvalue weighted by molar-refractivity contribution is -0.119. The average Bonchev–Trinajstić information content (AvgIpc) is 3.22. The van der Waals surface area contributed by atoms with Crippen molar-refractivity contribution in [3.8, 4) is 5.69 Å². The number of aromatic nitrogens is 2. The molecule has 0 bridgehead atoms. The molecule has 1 heterocycles. The van der Waals surface area contributed by atoms with E-state index < -0.39 is 0 Å². The Morgan fingerprint density at radius 1 is 1.17 bits per heavy atom. The lowest BCUT2D eigenvalue weighted by atomic mass is 9.95. The molecule has 1 saturated carbocycles. The van der Waals surface area contributed by atoms with Gasteiger partial charge in [-0.05, 0) is 43.5 Å². The van der Waals surface area contributed by atoms with Crippen LogP contribution in [0.5, 0.6) is 0 Å². The molecular weight excluding hydrogens is 384 g/mol. The van der Waals surface area contributed by atoms with Crippen molar-refractivity contribution >= 4 is 23.6 Å². The molecule has 0 unspecified atom stereocenters. The maximum absolute atomic E-state index is 12.3. The highest BCUT2D eigenvalue weighted by atomic mass is 32.2. The van der Waals surface area contributed by atoms with Crippen LogP contribution < -0.4 is 10.6 Å². The summed E-state index contributed by atoms with van der Waals surface area (Å²) >= 11 is 1.43. The number of hydrogen-bond donors (Lipinski definition) is 2. The molecule has 0 saturated heterocycles. The van der Waals surface area contributed by atoms with Gasteiger partial charge in [0.2, 0.25) is 5.91 Å². The normalized spacial score (nSPS) is 14.5. The SMILES string of the molecule is CCCCNC(=O)c1ccc(-n2ccnc2SCC(=O)NC2CCCCC2)cc1. The number of carbonyl (C=O) groups excluding carboxylic acids is 2.